The number of nitrogens with zero attached hydrogens (tertiary/aromatic N) is 1. The number of carbonyl (C=O) groups excluding carboxylic acids is 2. The molecule has 0 aromatic carbocycles. The van der Waals surface area contributed by atoms with Crippen LogP contribution in [0.25, 0.3) is 0 Å². The Morgan fingerprint density at radius 2 is 0.794 bits per heavy atom. The van der Waals surface area contributed by atoms with Gasteiger partial charge in [0.25, 0.3) is 6.29 Å². The zero-order chi connectivity index (χ0) is 49.9. The molecule has 0 spiro atoms. The summed E-state index contributed by atoms with van der Waals surface area (Å²) in [7, 11) is 5.97. The molecule has 0 aliphatic heterocycles. The van der Waals surface area contributed by atoms with Crippen molar-refractivity contribution in [3.63, 3.8) is 0 Å². The van der Waals surface area contributed by atoms with Gasteiger partial charge in [-0.15, -0.1) is 0 Å². The molecule has 9 heteroatoms. The molecule has 0 bridgehead atoms. The van der Waals surface area contributed by atoms with Crippen LogP contribution in [0.5, 0.6) is 0 Å². The largest absolute Gasteiger partial charge is 0.477 e. The molecular weight excluding hydrogens is 851 g/mol. The van der Waals surface area contributed by atoms with Gasteiger partial charge in [0.05, 0.1) is 34.4 Å². The van der Waals surface area contributed by atoms with E-state index in [1.54, 1.807) is 0 Å². The molecule has 0 saturated heterocycles. The molecule has 0 fully saturated rings. The monoisotopic (exact) mass is 963 g/mol. The molecule has 400 valence electrons. The maximum absolute atomic E-state index is 12.8. The van der Waals surface area contributed by atoms with Crippen LogP contribution in [0.4, 0.5) is 0 Å². The van der Waals surface area contributed by atoms with Gasteiger partial charge in [-0.2, -0.15) is 0 Å². The van der Waals surface area contributed by atoms with E-state index in [9.17, 15) is 19.5 Å². The fourth-order valence-electron chi connectivity index (χ4n) is 8.46. The van der Waals surface area contributed by atoms with Gasteiger partial charge in [0.15, 0.2) is 6.10 Å². The van der Waals surface area contributed by atoms with Crippen molar-refractivity contribution in [3.8, 4) is 0 Å². The second-order valence-corrected chi connectivity index (χ2v) is 21.0. The van der Waals surface area contributed by atoms with Crippen LogP contribution in [0.2, 0.25) is 0 Å². The van der Waals surface area contributed by atoms with Crippen molar-refractivity contribution in [1.29, 1.82) is 0 Å². The quantitative estimate of drug-likeness (QED) is 0.0211. The molecule has 2 atom stereocenters. The highest BCUT2D eigenvalue weighted by Crippen LogP contribution is 2.17. The second-order valence-electron chi connectivity index (χ2n) is 21.0. The van der Waals surface area contributed by atoms with Crippen molar-refractivity contribution in [2.75, 3.05) is 47.5 Å². The van der Waals surface area contributed by atoms with Gasteiger partial charge in [0.1, 0.15) is 13.2 Å². The fraction of sp³-hybridized carbons (Fsp3) is 0.881. The van der Waals surface area contributed by atoms with Crippen LogP contribution in [0.3, 0.4) is 0 Å². The Bertz CT molecular complexity index is 1170. The molecule has 0 heterocycles. The van der Waals surface area contributed by atoms with Crippen LogP contribution in [0.1, 0.15) is 277 Å². The molecule has 1 N–H and O–H groups in total. The van der Waals surface area contributed by atoms with Gasteiger partial charge in [-0.3, -0.25) is 9.59 Å². The van der Waals surface area contributed by atoms with E-state index in [1.807, 2.05) is 21.1 Å². The topological polar surface area (TPSA) is 108 Å². The Morgan fingerprint density at radius 3 is 1.19 bits per heavy atom. The van der Waals surface area contributed by atoms with Gasteiger partial charge in [-0.05, 0) is 44.9 Å². The number of quaternary nitrogens is 1. The van der Waals surface area contributed by atoms with E-state index in [0.29, 0.717) is 23.9 Å². The smallest absolute Gasteiger partial charge is 0.361 e. The molecule has 0 aromatic rings. The number of carboxylic acids is 1. The lowest BCUT2D eigenvalue weighted by Crippen LogP contribution is -2.40. The number of likely N-dealkylation sites (N-methyl/N-ethyl adjacent to an activating group) is 1. The van der Waals surface area contributed by atoms with Crippen LogP contribution < -0.4 is 0 Å². The summed E-state index contributed by atoms with van der Waals surface area (Å²) in [4.78, 5) is 37.4. The zero-order valence-corrected chi connectivity index (χ0v) is 45.5. The van der Waals surface area contributed by atoms with Gasteiger partial charge in [0, 0.05) is 12.8 Å². The van der Waals surface area contributed by atoms with E-state index < -0.39 is 24.3 Å². The first kappa shape index (κ1) is 65.8. The van der Waals surface area contributed by atoms with E-state index in [-0.39, 0.29) is 32.2 Å². The average Bonchev–Trinajstić information content (AvgIpc) is 3.30. The summed E-state index contributed by atoms with van der Waals surface area (Å²) in [6, 6.07) is 0. The summed E-state index contributed by atoms with van der Waals surface area (Å²) in [5.41, 5.74) is 0. The molecular formula is C59H112NO8+. The number of hydrogen-bond donors (Lipinski definition) is 1. The lowest BCUT2D eigenvalue weighted by Gasteiger charge is -2.25. The third-order valence-corrected chi connectivity index (χ3v) is 13.0. The van der Waals surface area contributed by atoms with E-state index >= 15 is 0 Å². The van der Waals surface area contributed by atoms with Gasteiger partial charge >= 0.3 is 17.9 Å². The van der Waals surface area contributed by atoms with Crippen molar-refractivity contribution < 1.29 is 42.9 Å². The number of ether oxygens (including phenoxy) is 4. The van der Waals surface area contributed by atoms with Gasteiger partial charge in [-0.25, -0.2) is 4.79 Å². The molecule has 0 aromatic heterocycles. The van der Waals surface area contributed by atoms with Crippen molar-refractivity contribution >= 4 is 17.9 Å². The first-order valence-electron chi connectivity index (χ1n) is 29.0. The van der Waals surface area contributed by atoms with Crippen molar-refractivity contribution in [3.05, 3.63) is 24.3 Å². The van der Waals surface area contributed by atoms with E-state index in [1.165, 1.54) is 193 Å². The number of unbranched alkanes of at least 4 members (excludes halogenated alkanes) is 35. The Kier molecular flexibility index (Phi) is 49.5. The number of hydrogen-bond acceptors (Lipinski definition) is 7. The highest BCUT2D eigenvalue weighted by atomic mass is 16.7. The predicted octanol–water partition coefficient (Wildman–Crippen LogP) is 16.7. The standard InChI is InChI=1S/C59H111NO8/c1-6-8-10-12-14-16-18-20-22-24-25-26-27-28-29-30-31-32-34-35-37-39-41-43-45-47-49-56(61)66-53-55(54-67-59(58(63)64)65-52-51-60(3,4)5)68-57(62)50-48-46-44-42-40-38-36-33-23-21-19-17-15-13-11-9-7-2/h15,17,21,23,55,59H,6-14,16,18-20,22,24-54H2,1-5H3/p+1/b17-15-,23-21-. The van der Waals surface area contributed by atoms with Crippen LogP contribution >= 0.6 is 0 Å². The minimum absolute atomic E-state index is 0.180. The van der Waals surface area contributed by atoms with Crippen LogP contribution in [0, 0.1) is 0 Å². The molecule has 0 amide bonds. The third kappa shape index (κ3) is 51.6. The number of carbonyl (C=O) groups is 3. The minimum atomic E-state index is -1.51. The summed E-state index contributed by atoms with van der Waals surface area (Å²) in [5.74, 6) is -2.00. The highest BCUT2D eigenvalue weighted by Gasteiger charge is 2.25. The average molecular weight is 964 g/mol. The van der Waals surface area contributed by atoms with Crippen molar-refractivity contribution in [2.24, 2.45) is 0 Å². The number of esters is 2. The summed E-state index contributed by atoms with van der Waals surface area (Å²) >= 11 is 0. The minimum Gasteiger partial charge on any atom is -0.477 e. The maximum atomic E-state index is 12.8. The lowest BCUT2D eigenvalue weighted by molar-refractivity contribution is -0.870. The van der Waals surface area contributed by atoms with Gasteiger partial charge < -0.3 is 28.5 Å². The second kappa shape index (κ2) is 51.1. The first-order valence-corrected chi connectivity index (χ1v) is 29.0. The van der Waals surface area contributed by atoms with Crippen LogP contribution in [-0.2, 0) is 33.3 Å². The summed E-state index contributed by atoms with van der Waals surface area (Å²) in [6.07, 6.45) is 56.9. The molecule has 0 rings (SSSR count). The fourth-order valence-corrected chi connectivity index (χ4v) is 8.46. The van der Waals surface area contributed by atoms with Crippen molar-refractivity contribution in [2.45, 2.75) is 289 Å². The SMILES string of the molecule is CCCCC/C=C\C/C=C\CCCCCCCCCC(=O)OC(COC(=O)CCCCCCCCCCCCCCCCCCCCCCCCCCCC)COC(OCC[N+](C)(C)C)C(=O)O. The molecule has 0 radical (unpaired) electrons. The number of aliphatic carboxylic acids is 1. The summed E-state index contributed by atoms with van der Waals surface area (Å²) in [5, 5.41) is 9.69. The normalized spacial score (nSPS) is 12.9. The number of allylic oxidation sites excluding steroid dienone is 4. The molecule has 2 unspecified atom stereocenters. The first-order chi connectivity index (χ1) is 33.1. The van der Waals surface area contributed by atoms with E-state index in [0.717, 1.165) is 51.4 Å². The Labute approximate surface area is 420 Å². The third-order valence-electron chi connectivity index (χ3n) is 13.0. The zero-order valence-electron chi connectivity index (χ0n) is 45.5. The number of carboxylic acid groups (broad SMARTS) is 1. The Balaban J connectivity index is 4.17. The molecule has 0 aliphatic carbocycles. The van der Waals surface area contributed by atoms with Gasteiger partial charge in [0.2, 0.25) is 0 Å². The Hall–Kier alpha value is -2.23. The van der Waals surface area contributed by atoms with E-state index in [2.05, 4.69) is 38.2 Å². The lowest BCUT2D eigenvalue weighted by atomic mass is 10.0. The van der Waals surface area contributed by atoms with Gasteiger partial charge in [-0.1, -0.05) is 244 Å². The number of rotatable bonds is 54. The molecule has 9 nitrogen and oxygen atoms in total. The van der Waals surface area contributed by atoms with Crippen LogP contribution in [0.15, 0.2) is 24.3 Å². The molecule has 0 saturated carbocycles. The summed E-state index contributed by atoms with van der Waals surface area (Å²) < 4.78 is 22.9. The van der Waals surface area contributed by atoms with Crippen molar-refractivity contribution in [1.82, 2.24) is 0 Å². The summed E-state index contributed by atoms with van der Waals surface area (Å²) in [6.45, 7) is 4.89. The molecule has 0 aliphatic rings. The maximum Gasteiger partial charge on any atom is 0.361 e. The predicted molar refractivity (Wildman–Crippen MR) is 286 cm³/mol. The Morgan fingerprint density at radius 1 is 0.441 bits per heavy atom. The van der Waals surface area contributed by atoms with E-state index in [4.69, 9.17) is 18.9 Å². The van der Waals surface area contributed by atoms with Crippen LogP contribution in [-0.4, -0.2) is 87.4 Å². The highest BCUT2D eigenvalue weighted by molar-refractivity contribution is 5.71. The molecule has 68 heavy (non-hydrogen) atoms.